The summed E-state index contributed by atoms with van der Waals surface area (Å²) in [7, 11) is 0. The Morgan fingerprint density at radius 3 is 2.83 bits per heavy atom. The van der Waals surface area contributed by atoms with Gasteiger partial charge in [0.1, 0.15) is 0 Å². The number of nitrogens with one attached hydrogen (secondary N) is 2. The summed E-state index contributed by atoms with van der Waals surface area (Å²) in [6, 6.07) is 0.491. The molecule has 1 amide bonds. The first-order valence-electron chi connectivity index (χ1n) is 4.83. The Morgan fingerprint density at radius 2 is 2.25 bits per heavy atom. The fourth-order valence-electron chi connectivity index (χ4n) is 1.01. The normalized spacial score (nSPS) is 16.1. The van der Waals surface area contributed by atoms with Gasteiger partial charge in [0.2, 0.25) is 5.91 Å². The van der Waals surface area contributed by atoms with E-state index in [1.54, 1.807) is 0 Å². The van der Waals surface area contributed by atoms with Gasteiger partial charge >= 0.3 is 0 Å². The highest BCUT2D eigenvalue weighted by atomic mass is 16.2. The number of rotatable bonds is 6. The van der Waals surface area contributed by atoms with Crippen LogP contribution in [0.4, 0.5) is 0 Å². The Balaban J connectivity index is 1.87. The van der Waals surface area contributed by atoms with E-state index in [9.17, 15) is 4.79 Å². The van der Waals surface area contributed by atoms with Gasteiger partial charge in [-0.15, -0.1) is 0 Å². The fourth-order valence-corrected chi connectivity index (χ4v) is 1.01. The van der Waals surface area contributed by atoms with Gasteiger partial charge in [-0.05, 0) is 25.8 Å². The van der Waals surface area contributed by atoms with E-state index in [1.807, 2.05) is 0 Å². The number of amides is 1. The fraction of sp³-hybridized carbons (Fsp3) is 0.889. The van der Waals surface area contributed by atoms with E-state index in [4.69, 9.17) is 0 Å². The van der Waals surface area contributed by atoms with Gasteiger partial charge < -0.3 is 10.6 Å². The van der Waals surface area contributed by atoms with Crippen molar-refractivity contribution in [1.82, 2.24) is 10.6 Å². The minimum atomic E-state index is 0.147. The molecule has 0 aromatic rings. The van der Waals surface area contributed by atoms with Crippen LogP contribution in [0, 0.1) is 0 Å². The third-order valence-corrected chi connectivity index (χ3v) is 1.94. The molecule has 0 bridgehead atoms. The van der Waals surface area contributed by atoms with Crippen molar-refractivity contribution in [3.8, 4) is 0 Å². The molecular formula is C9H18N2O. The van der Waals surface area contributed by atoms with Gasteiger partial charge in [0.25, 0.3) is 0 Å². The van der Waals surface area contributed by atoms with E-state index in [-0.39, 0.29) is 5.91 Å². The summed E-state index contributed by atoms with van der Waals surface area (Å²) in [6.45, 7) is 3.58. The molecule has 1 aliphatic rings. The van der Waals surface area contributed by atoms with E-state index in [2.05, 4.69) is 17.6 Å². The molecule has 1 rings (SSSR count). The van der Waals surface area contributed by atoms with Crippen LogP contribution < -0.4 is 10.6 Å². The lowest BCUT2D eigenvalue weighted by Crippen LogP contribution is -2.35. The molecule has 3 heteroatoms. The van der Waals surface area contributed by atoms with Crippen molar-refractivity contribution in [1.29, 1.82) is 0 Å². The molecule has 0 unspecified atom stereocenters. The number of carbonyl (C=O) groups is 1. The zero-order valence-electron chi connectivity index (χ0n) is 7.73. The molecule has 0 aromatic heterocycles. The maximum absolute atomic E-state index is 11.1. The van der Waals surface area contributed by atoms with Gasteiger partial charge in [0.15, 0.2) is 0 Å². The smallest absolute Gasteiger partial charge is 0.234 e. The van der Waals surface area contributed by atoms with Crippen LogP contribution in [0.5, 0.6) is 0 Å². The lowest BCUT2D eigenvalue weighted by molar-refractivity contribution is -0.120. The zero-order valence-corrected chi connectivity index (χ0v) is 7.73. The number of hydrogen-bond acceptors (Lipinski definition) is 2. The molecule has 0 radical (unpaired) electrons. The van der Waals surface area contributed by atoms with E-state index in [1.165, 1.54) is 19.3 Å². The van der Waals surface area contributed by atoms with Gasteiger partial charge in [0.05, 0.1) is 6.54 Å². The molecule has 0 heterocycles. The molecule has 0 aliphatic heterocycles. The van der Waals surface area contributed by atoms with Gasteiger partial charge in [-0.2, -0.15) is 0 Å². The Labute approximate surface area is 73.9 Å². The van der Waals surface area contributed by atoms with Crippen LogP contribution in [-0.2, 0) is 4.79 Å². The SMILES string of the molecule is CCCCNCC(=O)NC1CC1. The van der Waals surface area contributed by atoms with E-state index >= 15 is 0 Å². The lowest BCUT2D eigenvalue weighted by Gasteiger charge is -2.03. The maximum atomic E-state index is 11.1. The van der Waals surface area contributed by atoms with Crippen molar-refractivity contribution in [2.24, 2.45) is 0 Å². The summed E-state index contributed by atoms with van der Waals surface area (Å²) >= 11 is 0. The molecule has 0 saturated heterocycles. The largest absolute Gasteiger partial charge is 0.352 e. The van der Waals surface area contributed by atoms with Gasteiger partial charge in [0, 0.05) is 6.04 Å². The monoisotopic (exact) mass is 170 g/mol. The van der Waals surface area contributed by atoms with E-state index in [0.717, 1.165) is 13.0 Å². The van der Waals surface area contributed by atoms with Crippen LogP contribution in [0.25, 0.3) is 0 Å². The second kappa shape index (κ2) is 5.14. The van der Waals surface area contributed by atoms with Crippen molar-refractivity contribution in [3.05, 3.63) is 0 Å². The van der Waals surface area contributed by atoms with Crippen molar-refractivity contribution in [2.75, 3.05) is 13.1 Å². The Morgan fingerprint density at radius 1 is 1.50 bits per heavy atom. The molecule has 3 nitrogen and oxygen atoms in total. The zero-order chi connectivity index (χ0) is 8.81. The summed E-state index contributed by atoms with van der Waals surface area (Å²) in [6.07, 6.45) is 4.66. The molecule has 70 valence electrons. The molecule has 0 aromatic carbocycles. The quantitative estimate of drug-likeness (QED) is 0.575. The predicted molar refractivity (Wildman–Crippen MR) is 48.9 cm³/mol. The molecular weight excluding hydrogens is 152 g/mol. The minimum Gasteiger partial charge on any atom is -0.352 e. The maximum Gasteiger partial charge on any atom is 0.234 e. The van der Waals surface area contributed by atoms with Crippen LogP contribution in [-0.4, -0.2) is 25.0 Å². The second-order valence-corrected chi connectivity index (χ2v) is 3.37. The van der Waals surface area contributed by atoms with Gasteiger partial charge in [-0.1, -0.05) is 13.3 Å². The summed E-state index contributed by atoms with van der Waals surface area (Å²) in [5, 5.41) is 6.04. The Hall–Kier alpha value is -0.570. The highest BCUT2D eigenvalue weighted by Crippen LogP contribution is 2.17. The molecule has 1 saturated carbocycles. The predicted octanol–water partition coefficient (Wildman–Crippen LogP) is 0.655. The summed E-state index contributed by atoms with van der Waals surface area (Å²) < 4.78 is 0. The molecule has 1 fully saturated rings. The number of hydrogen-bond donors (Lipinski definition) is 2. The third-order valence-electron chi connectivity index (χ3n) is 1.94. The third kappa shape index (κ3) is 4.34. The molecule has 2 N–H and O–H groups in total. The molecule has 0 atom stereocenters. The van der Waals surface area contributed by atoms with Gasteiger partial charge in [-0.3, -0.25) is 4.79 Å². The second-order valence-electron chi connectivity index (χ2n) is 3.37. The average molecular weight is 170 g/mol. The van der Waals surface area contributed by atoms with Crippen LogP contribution in [0.15, 0.2) is 0 Å². The summed E-state index contributed by atoms with van der Waals surface area (Å²) in [5.74, 6) is 0.147. The number of carbonyl (C=O) groups excluding carboxylic acids is 1. The summed E-state index contributed by atoms with van der Waals surface area (Å²) in [5.41, 5.74) is 0. The van der Waals surface area contributed by atoms with E-state index in [0.29, 0.717) is 12.6 Å². The first-order valence-corrected chi connectivity index (χ1v) is 4.83. The molecule has 1 aliphatic carbocycles. The van der Waals surface area contributed by atoms with Crippen LogP contribution >= 0.6 is 0 Å². The van der Waals surface area contributed by atoms with Gasteiger partial charge in [-0.25, -0.2) is 0 Å². The number of unbranched alkanes of at least 4 members (excludes halogenated alkanes) is 1. The summed E-state index contributed by atoms with van der Waals surface area (Å²) in [4.78, 5) is 11.1. The highest BCUT2D eigenvalue weighted by molar-refractivity contribution is 5.78. The van der Waals surface area contributed by atoms with E-state index < -0.39 is 0 Å². The lowest BCUT2D eigenvalue weighted by atomic mass is 10.3. The minimum absolute atomic E-state index is 0.147. The van der Waals surface area contributed by atoms with Crippen LogP contribution in [0.1, 0.15) is 32.6 Å². The topological polar surface area (TPSA) is 41.1 Å². The highest BCUT2D eigenvalue weighted by Gasteiger charge is 2.22. The Bertz CT molecular complexity index is 143. The average Bonchev–Trinajstić information content (AvgIpc) is 2.82. The molecule has 0 spiro atoms. The van der Waals surface area contributed by atoms with Crippen molar-refractivity contribution < 1.29 is 4.79 Å². The molecule has 12 heavy (non-hydrogen) atoms. The van der Waals surface area contributed by atoms with Crippen LogP contribution in [0.2, 0.25) is 0 Å². The standard InChI is InChI=1S/C9H18N2O/c1-2-3-6-10-7-9(12)11-8-4-5-8/h8,10H,2-7H2,1H3,(H,11,12). The van der Waals surface area contributed by atoms with Crippen molar-refractivity contribution >= 4 is 5.91 Å². The Kier molecular flexibility index (Phi) is 4.08. The van der Waals surface area contributed by atoms with Crippen LogP contribution in [0.3, 0.4) is 0 Å². The first-order chi connectivity index (χ1) is 5.83. The first kappa shape index (κ1) is 9.52. The van der Waals surface area contributed by atoms with Crippen molar-refractivity contribution in [3.63, 3.8) is 0 Å². The van der Waals surface area contributed by atoms with Crippen molar-refractivity contribution in [2.45, 2.75) is 38.6 Å².